The summed E-state index contributed by atoms with van der Waals surface area (Å²) in [5.41, 5.74) is 0. The Kier molecular flexibility index (Phi) is 1.73. The third-order valence-corrected chi connectivity index (χ3v) is 2.77. The molecule has 1 saturated carbocycles. The third kappa shape index (κ3) is 1.46. The lowest BCUT2D eigenvalue weighted by atomic mass is 10.5. The van der Waals surface area contributed by atoms with E-state index in [4.69, 9.17) is 11.6 Å². The zero-order chi connectivity index (χ0) is 7.84. The molecule has 0 saturated heterocycles. The van der Waals surface area contributed by atoms with Crippen molar-refractivity contribution in [3.63, 3.8) is 0 Å². The van der Waals surface area contributed by atoms with E-state index in [0.717, 1.165) is 23.5 Å². The van der Waals surface area contributed by atoms with Crippen molar-refractivity contribution in [2.24, 2.45) is 5.92 Å². The minimum absolute atomic E-state index is 0.495. The van der Waals surface area contributed by atoms with Crippen molar-refractivity contribution in [3.05, 3.63) is 5.15 Å². The zero-order valence-corrected chi connectivity index (χ0v) is 7.61. The Morgan fingerprint density at radius 2 is 2.36 bits per heavy atom. The summed E-state index contributed by atoms with van der Waals surface area (Å²) >= 11 is 6.88. The second kappa shape index (κ2) is 2.60. The fraction of sp³-hybridized carbons (Fsp3) is 0.667. The van der Waals surface area contributed by atoms with Crippen molar-refractivity contribution in [1.29, 1.82) is 0 Å². The van der Waals surface area contributed by atoms with Crippen molar-refractivity contribution in [2.45, 2.75) is 19.4 Å². The minimum Gasteiger partial charge on any atom is -0.364 e. The smallest absolute Gasteiger partial charge is 0.186 e. The first-order valence-corrected chi connectivity index (χ1v) is 4.63. The molecule has 0 spiro atoms. The molecule has 3 nitrogen and oxygen atoms in total. The van der Waals surface area contributed by atoms with E-state index in [1.807, 2.05) is 0 Å². The standard InChI is InChI=1S/C6H8ClN3S/c1-3-2-4(3)8-6-5(7)9-11-10-6/h3-4H,2H2,1H3,(H,8,10). The average molecular weight is 190 g/mol. The number of halogens is 1. The van der Waals surface area contributed by atoms with Crippen LogP contribution in [0.1, 0.15) is 13.3 Å². The van der Waals surface area contributed by atoms with E-state index in [-0.39, 0.29) is 0 Å². The Hall–Kier alpha value is -0.350. The van der Waals surface area contributed by atoms with Crippen LogP contribution in [0.4, 0.5) is 5.82 Å². The predicted octanol–water partition coefficient (Wildman–Crippen LogP) is 2.01. The molecule has 1 aromatic heterocycles. The van der Waals surface area contributed by atoms with Crippen LogP contribution in [0.5, 0.6) is 0 Å². The van der Waals surface area contributed by atoms with E-state index in [1.165, 1.54) is 6.42 Å². The number of nitrogens with one attached hydrogen (secondary N) is 1. The van der Waals surface area contributed by atoms with E-state index in [0.29, 0.717) is 11.2 Å². The summed E-state index contributed by atoms with van der Waals surface area (Å²) in [4.78, 5) is 0. The molecule has 0 aliphatic heterocycles. The van der Waals surface area contributed by atoms with E-state index >= 15 is 0 Å². The van der Waals surface area contributed by atoms with Crippen LogP contribution in [0.15, 0.2) is 0 Å². The maximum atomic E-state index is 5.73. The van der Waals surface area contributed by atoms with E-state index < -0.39 is 0 Å². The van der Waals surface area contributed by atoms with Crippen LogP contribution in [0.2, 0.25) is 5.15 Å². The fourth-order valence-electron chi connectivity index (χ4n) is 0.963. The lowest BCUT2D eigenvalue weighted by Gasteiger charge is -1.97. The lowest BCUT2D eigenvalue weighted by molar-refractivity contribution is 0.926. The normalized spacial score (nSPS) is 28.5. The minimum atomic E-state index is 0.495. The predicted molar refractivity (Wildman–Crippen MR) is 46.1 cm³/mol. The maximum Gasteiger partial charge on any atom is 0.186 e. The molecule has 2 atom stereocenters. The van der Waals surface area contributed by atoms with Gasteiger partial charge in [0.25, 0.3) is 0 Å². The number of nitrogens with zero attached hydrogens (tertiary/aromatic N) is 2. The van der Waals surface area contributed by atoms with Gasteiger partial charge in [0.05, 0.1) is 11.7 Å². The number of anilines is 1. The van der Waals surface area contributed by atoms with Gasteiger partial charge in [-0.1, -0.05) is 18.5 Å². The van der Waals surface area contributed by atoms with E-state index in [2.05, 4.69) is 21.0 Å². The molecule has 1 heterocycles. The highest BCUT2D eigenvalue weighted by molar-refractivity contribution is 6.99. The molecule has 0 amide bonds. The van der Waals surface area contributed by atoms with Crippen molar-refractivity contribution >= 4 is 29.1 Å². The summed E-state index contributed by atoms with van der Waals surface area (Å²) in [7, 11) is 0. The quantitative estimate of drug-likeness (QED) is 0.774. The molecule has 5 heteroatoms. The fourth-order valence-corrected chi connectivity index (χ4v) is 1.62. The summed E-state index contributed by atoms with van der Waals surface area (Å²) < 4.78 is 7.87. The van der Waals surface area contributed by atoms with Gasteiger partial charge >= 0.3 is 0 Å². The number of aromatic nitrogens is 2. The Bertz CT molecular complexity index is 262. The maximum absolute atomic E-state index is 5.73. The SMILES string of the molecule is CC1CC1Nc1nsnc1Cl. The Morgan fingerprint density at radius 3 is 2.82 bits per heavy atom. The number of hydrogen-bond acceptors (Lipinski definition) is 4. The largest absolute Gasteiger partial charge is 0.364 e. The highest BCUT2D eigenvalue weighted by atomic mass is 35.5. The van der Waals surface area contributed by atoms with Gasteiger partial charge in [0.15, 0.2) is 11.0 Å². The van der Waals surface area contributed by atoms with Crippen LogP contribution < -0.4 is 5.32 Å². The van der Waals surface area contributed by atoms with Crippen LogP contribution in [0.3, 0.4) is 0 Å². The van der Waals surface area contributed by atoms with E-state index in [9.17, 15) is 0 Å². The second-order valence-electron chi connectivity index (χ2n) is 2.87. The van der Waals surface area contributed by atoms with Gasteiger partial charge in [0, 0.05) is 6.04 Å². The van der Waals surface area contributed by atoms with Crippen molar-refractivity contribution in [2.75, 3.05) is 5.32 Å². The van der Waals surface area contributed by atoms with E-state index in [1.54, 1.807) is 0 Å². The summed E-state index contributed by atoms with van der Waals surface area (Å²) in [5, 5.41) is 3.71. The van der Waals surface area contributed by atoms with Crippen molar-refractivity contribution in [3.8, 4) is 0 Å². The number of hydrogen-bond donors (Lipinski definition) is 1. The molecule has 2 rings (SSSR count). The van der Waals surface area contributed by atoms with Gasteiger partial charge in [-0.3, -0.25) is 0 Å². The zero-order valence-electron chi connectivity index (χ0n) is 6.04. The summed E-state index contributed by atoms with van der Waals surface area (Å²) in [5.74, 6) is 1.50. The highest BCUT2D eigenvalue weighted by Crippen LogP contribution is 2.33. The van der Waals surface area contributed by atoms with Crippen molar-refractivity contribution < 1.29 is 0 Å². The molecule has 0 radical (unpaired) electrons. The molecular formula is C6H8ClN3S. The molecule has 0 bridgehead atoms. The topological polar surface area (TPSA) is 37.8 Å². The van der Waals surface area contributed by atoms with Gasteiger partial charge in [-0.25, -0.2) is 0 Å². The van der Waals surface area contributed by atoms with Gasteiger partial charge in [0.2, 0.25) is 0 Å². The molecule has 1 aromatic rings. The monoisotopic (exact) mass is 189 g/mol. The molecule has 0 aromatic carbocycles. The van der Waals surface area contributed by atoms with Crippen LogP contribution >= 0.6 is 23.3 Å². The summed E-state index contributed by atoms with van der Waals surface area (Å²) in [6, 6.07) is 0.566. The van der Waals surface area contributed by atoms with Crippen LogP contribution in [-0.2, 0) is 0 Å². The van der Waals surface area contributed by atoms with Crippen LogP contribution in [0, 0.1) is 5.92 Å². The molecule has 1 aliphatic carbocycles. The average Bonchev–Trinajstić information content (AvgIpc) is 2.48. The van der Waals surface area contributed by atoms with Crippen LogP contribution in [0.25, 0.3) is 0 Å². The number of rotatable bonds is 2. The van der Waals surface area contributed by atoms with Gasteiger partial charge in [-0.2, -0.15) is 8.75 Å². The first-order valence-electron chi connectivity index (χ1n) is 3.52. The van der Waals surface area contributed by atoms with Gasteiger partial charge in [-0.15, -0.1) is 0 Å². The van der Waals surface area contributed by atoms with Gasteiger partial charge in [0.1, 0.15) is 0 Å². The first-order chi connectivity index (χ1) is 5.27. The Morgan fingerprint density at radius 1 is 1.64 bits per heavy atom. The Labute approximate surface area is 74.1 Å². The van der Waals surface area contributed by atoms with Gasteiger partial charge in [-0.05, 0) is 12.3 Å². The molecule has 1 N–H and O–H groups in total. The van der Waals surface area contributed by atoms with Crippen molar-refractivity contribution in [1.82, 2.24) is 8.75 Å². The third-order valence-electron chi connectivity index (χ3n) is 1.88. The molecule has 11 heavy (non-hydrogen) atoms. The Balaban J connectivity index is 2.01. The van der Waals surface area contributed by atoms with Crippen LogP contribution in [-0.4, -0.2) is 14.8 Å². The highest BCUT2D eigenvalue weighted by Gasteiger charge is 2.33. The molecule has 1 fully saturated rings. The molecule has 2 unspecified atom stereocenters. The lowest BCUT2D eigenvalue weighted by Crippen LogP contribution is -2.03. The summed E-state index contributed by atoms with van der Waals surface area (Å²) in [6.07, 6.45) is 1.22. The van der Waals surface area contributed by atoms with Gasteiger partial charge < -0.3 is 5.32 Å². The molecule has 1 aliphatic rings. The molecule has 60 valence electrons. The first kappa shape index (κ1) is 7.31. The summed E-state index contributed by atoms with van der Waals surface area (Å²) in [6.45, 7) is 2.20. The molecular weight excluding hydrogens is 182 g/mol. The second-order valence-corrected chi connectivity index (χ2v) is 3.75.